The third-order valence-corrected chi connectivity index (χ3v) is 3.60. The first kappa shape index (κ1) is 8.07. The average molecular weight is 187 g/mol. The second-order valence-corrected chi connectivity index (χ2v) is 4.29. The standard InChI is InChI=1S/C11H13N3/c12-6-9-10-5-8(7-13-10)11(9)14-3-1-2-4-14/h1-4,8-11,13H,5,7H2. The summed E-state index contributed by atoms with van der Waals surface area (Å²) in [5.41, 5.74) is 0. The van der Waals surface area contributed by atoms with Crippen LogP contribution in [0.4, 0.5) is 0 Å². The second kappa shape index (κ2) is 2.86. The van der Waals surface area contributed by atoms with Crippen LogP contribution in [0.3, 0.4) is 0 Å². The van der Waals surface area contributed by atoms with Crippen molar-refractivity contribution in [1.82, 2.24) is 9.88 Å². The van der Waals surface area contributed by atoms with Gasteiger partial charge in [-0.2, -0.15) is 5.26 Å². The molecule has 4 atom stereocenters. The molecule has 1 N–H and O–H groups in total. The summed E-state index contributed by atoms with van der Waals surface area (Å²) in [6.07, 6.45) is 5.33. The lowest BCUT2D eigenvalue weighted by molar-refractivity contribution is 0.292. The fourth-order valence-electron chi connectivity index (χ4n) is 3.00. The molecular formula is C11H13N3. The van der Waals surface area contributed by atoms with Crippen LogP contribution in [0.15, 0.2) is 24.5 Å². The van der Waals surface area contributed by atoms with Crippen LogP contribution in [0.1, 0.15) is 12.5 Å². The summed E-state index contributed by atoms with van der Waals surface area (Å²) < 4.78 is 2.21. The van der Waals surface area contributed by atoms with Gasteiger partial charge in [0.1, 0.15) is 0 Å². The zero-order valence-corrected chi connectivity index (χ0v) is 7.93. The highest BCUT2D eigenvalue weighted by atomic mass is 15.1. The van der Waals surface area contributed by atoms with Crippen molar-refractivity contribution in [2.45, 2.75) is 18.5 Å². The number of nitriles is 1. The molecule has 3 nitrogen and oxygen atoms in total. The van der Waals surface area contributed by atoms with Crippen LogP contribution in [0.2, 0.25) is 0 Å². The van der Waals surface area contributed by atoms with Crippen molar-refractivity contribution in [1.29, 1.82) is 5.26 Å². The number of piperidine rings is 1. The molecule has 0 amide bonds. The Morgan fingerprint density at radius 3 is 2.86 bits per heavy atom. The van der Waals surface area contributed by atoms with E-state index in [4.69, 9.17) is 5.26 Å². The molecule has 4 unspecified atom stereocenters. The van der Waals surface area contributed by atoms with E-state index in [1.54, 1.807) is 0 Å². The maximum Gasteiger partial charge on any atom is 0.0826 e. The van der Waals surface area contributed by atoms with Crippen molar-refractivity contribution >= 4 is 0 Å². The van der Waals surface area contributed by atoms with Crippen molar-refractivity contribution in [2.75, 3.05) is 6.54 Å². The van der Waals surface area contributed by atoms with Gasteiger partial charge in [-0.15, -0.1) is 0 Å². The van der Waals surface area contributed by atoms with E-state index in [0.717, 1.165) is 6.54 Å². The van der Waals surface area contributed by atoms with Gasteiger partial charge in [-0.3, -0.25) is 0 Å². The first-order valence-electron chi connectivity index (χ1n) is 5.15. The molecule has 14 heavy (non-hydrogen) atoms. The molecule has 0 aromatic carbocycles. The third-order valence-electron chi connectivity index (χ3n) is 3.60. The summed E-state index contributed by atoms with van der Waals surface area (Å²) in [6, 6.07) is 7.35. The van der Waals surface area contributed by atoms with E-state index in [1.165, 1.54) is 6.42 Å². The summed E-state index contributed by atoms with van der Waals surface area (Å²) in [5.74, 6) is 0.804. The minimum absolute atomic E-state index is 0.154. The van der Waals surface area contributed by atoms with Crippen molar-refractivity contribution in [3.63, 3.8) is 0 Å². The summed E-state index contributed by atoms with van der Waals surface area (Å²) in [7, 11) is 0. The first-order chi connectivity index (χ1) is 6.90. The van der Waals surface area contributed by atoms with E-state index in [-0.39, 0.29) is 5.92 Å². The Labute approximate surface area is 83.3 Å². The number of nitrogens with one attached hydrogen (secondary N) is 1. The molecule has 1 saturated heterocycles. The van der Waals surface area contributed by atoms with Gasteiger partial charge in [-0.1, -0.05) is 0 Å². The smallest absolute Gasteiger partial charge is 0.0826 e. The maximum atomic E-state index is 9.15. The summed E-state index contributed by atoms with van der Waals surface area (Å²) in [5, 5.41) is 12.6. The number of rotatable bonds is 1. The lowest BCUT2D eigenvalue weighted by Crippen LogP contribution is -2.38. The Balaban J connectivity index is 1.96. The van der Waals surface area contributed by atoms with Gasteiger partial charge in [0.2, 0.25) is 0 Å². The van der Waals surface area contributed by atoms with E-state index < -0.39 is 0 Å². The molecule has 2 bridgehead atoms. The van der Waals surface area contributed by atoms with Gasteiger partial charge in [0.15, 0.2) is 0 Å². The highest BCUT2D eigenvalue weighted by Crippen LogP contribution is 2.44. The number of hydrogen-bond acceptors (Lipinski definition) is 2. The van der Waals surface area contributed by atoms with Crippen LogP contribution in [0.5, 0.6) is 0 Å². The van der Waals surface area contributed by atoms with E-state index in [0.29, 0.717) is 18.0 Å². The van der Waals surface area contributed by atoms with E-state index in [1.807, 2.05) is 12.1 Å². The molecular weight excluding hydrogens is 174 g/mol. The summed E-state index contributed by atoms with van der Waals surface area (Å²) in [4.78, 5) is 0. The molecule has 1 aromatic heterocycles. The van der Waals surface area contributed by atoms with Crippen LogP contribution >= 0.6 is 0 Å². The number of hydrogen-bond donors (Lipinski definition) is 1. The first-order valence-corrected chi connectivity index (χ1v) is 5.15. The van der Waals surface area contributed by atoms with Gasteiger partial charge in [0, 0.05) is 25.0 Å². The SMILES string of the molecule is N#CC1C2CC(CN2)C1n1cccc1. The van der Waals surface area contributed by atoms with Gasteiger partial charge < -0.3 is 9.88 Å². The van der Waals surface area contributed by atoms with E-state index in [2.05, 4.69) is 28.3 Å². The normalized spacial score (nSPS) is 39.9. The van der Waals surface area contributed by atoms with Crippen LogP contribution in [-0.4, -0.2) is 17.2 Å². The predicted molar refractivity (Wildman–Crippen MR) is 52.5 cm³/mol. The van der Waals surface area contributed by atoms with Gasteiger partial charge >= 0.3 is 0 Å². The van der Waals surface area contributed by atoms with Gasteiger partial charge in [0.25, 0.3) is 0 Å². The highest BCUT2D eigenvalue weighted by molar-refractivity contribution is 5.13. The van der Waals surface area contributed by atoms with Crippen LogP contribution in [0.25, 0.3) is 0 Å². The molecule has 0 radical (unpaired) electrons. The Morgan fingerprint density at radius 2 is 2.14 bits per heavy atom. The molecule has 2 fully saturated rings. The lowest BCUT2D eigenvalue weighted by Gasteiger charge is -2.28. The molecule has 1 aliphatic heterocycles. The molecule has 1 aromatic rings. The van der Waals surface area contributed by atoms with Gasteiger partial charge in [-0.25, -0.2) is 0 Å². The Hall–Kier alpha value is -1.27. The average Bonchev–Trinajstić information content (AvgIpc) is 2.92. The highest BCUT2D eigenvalue weighted by Gasteiger charge is 2.48. The molecule has 2 aliphatic rings. The van der Waals surface area contributed by atoms with E-state index >= 15 is 0 Å². The maximum absolute atomic E-state index is 9.15. The second-order valence-electron chi connectivity index (χ2n) is 4.29. The molecule has 3 rings (SSSR count). The topological polar surface area (TPSA) is 40.8 Å². The molecule has 0 spiro atoms. The minimum Gasteiger partial charge on any atom is -0.350 e. The zero-order chi connectivity index (χ0) is 9.54. The van der Waals surface area contributed by atoms with Crippen LogP contribution in [0, 0.1) is 23.2 Å². The fraction of sp³-hybridized carbons (Fsp3) is 0.545. The fourth-order valence-corrected chi connectivity index (χ4v) is 3.00. The Bertz CT molecular complexity index is 362. The van der Waals surface area contributed by atoms with Crippen molar-refractivity contribution in [3.05, 3.63) is 24.5 Å². The monoisotopic (exact) mass is 187 g/mol. The quantitative estimate of drug-likeness (QED) is 0.716. The Kier molecular flexibility index (Phi) is 1.65. The van der Waals surface area contributed by atoms with Gasteiger partial charge in [-0.05, 0) is 24.5 Å². The van der Waals surface area contributed by atoms with Crippen LogP contribution < -0.4 is 5.32 Å². The lowest BCUT2D eigenvalue weighted by atomic mass is 9.94. The predicted octanol–water partition coefficient (Wildman–Crippen LogP) is 1.16. The van der Waals surface area contributed by atoms with Crippen molar-refractivity contribution in [2.24, 2.45) is 11.8 Å². The van der Waals surface area contributed by atoms with Gasteiger partial charge in [0.05, 0.1) is 18.0 Å². The molecule has 72 valence electrons. The van der Waals surface area contributed by atoms with Crippen molar-refractivity contribution < 1.29 is 0 Å². The summed E-state index contributed by atoms with van der Waals surface area (Å²) >= 11 is 0. The molecule has 2 heterocycles. The van der Waals surface area contributed by atoms with Crippen LogP contribution in [-0.2, 0) is 0 Å². The summed E-state index contributed by atoms with van der Waals surface area (Å²) in [6.45, 7) is 1.08. The van der Waals surface area contributed by atoms with E-state index in [9.17, 15) is 0 Å². The zero-order valence-electron chi connectivity index (χ0n) is 7.93. The molecule has 3 heteroatoms. The third kappa shape index (κ3) is 0.948. The Morgan fingerprint density at radius 1 is 1.36 bits per heavy atom. The molecule has 1 aliphatic carbocycles. The number of nitrogens with zero attached hydrogens (tertiary/aromatic N) is 2. The minimum atomic E-state index is 0.154. The number of fused-ring (bicyclic) bond motifs is 2. The van der Waals surface area contributed by atoms with Crippen molar-refractivity contribution in [3.8, 4) is 6.07 Å². The largest absolute Gasteiger partial charge is 0.350 e. The number of aromatic nitrogens is 1. The molecule has 1 saturated carbocycles.